The summed E-state index contributed by atoms with van der Waals surface area (Å²) < 4.78 is 34.2. The predicted molar refractivity (Wildman–Crippen MR) is 120 cm³/mol. The highest BCUT2D eigenvalue weighted by atomic mass is 35.5. The molecule has 8 heteroatoms. The lowest BCUT2D eigenvalue weighted by atomic mass is 10.0. The van der Waals surface area contributed by atoms with Gasteiger partial charge in [0.15, 0.2) is 0 Å². The van der Waals surface area contributed by atoms with Crippen LogP contribution in [0.3, 0.4) is 0 Å². The maximum absolute atomic E-state index is 14.6. The maximum Gasteiger partial charge on any atom is 0.306 e. The Kier molecular flexibility index (Phi) is 10.1. The monoisotopic (exact) mass is 471 g/mol. The minimum atomic E-state index is -3.49. The van der Waals surface area contributed by atoms with Crippen LogP contribution in [0, 0.1) is 0 Å². The Morgan fingerprint density at radius 3 is 2.72 bits per heavy atom. The van der Waals surface area contributed by atoms with Gasteiger partial charge in [0.05, 0.1) is 12.1 Å². The fourth-order valence-corrected chi connectivity index (χ4v) is 3.88. The van der Waals surface area contributed by atoms with E-state index in [2.05, 4.69) is 0 Å². The number of hydrogen-bond acceptors (Lipinski definition) is 4. The van der Waals surface area contributed by atoms with Crippen LogP contribution >= 0.6 is 11.6 Å². The summed E-state index contributed by atoms with van der Waals surface area (Å²) in [6, 6.07) is 4.94. The van der Waals surface area contributed by atoms with E-state index >= 15 is 0 Å². The van der Waals surface area contributed by atoms with Gasteiger partial charge < -0.3 is 14.7 Å². The standard InChI is InChI=1S/C24H32ClF2NO4/c1-17(2)32-23(31)10-5-3-4-6-15-28-20(12-14-22(28)30)11-13-21(29)24(26,27)18-8-7-9-19(25)16-18/h7-9,11,13,16-17,20-21,29H,3-6,10,12,14-15H2,1-2H3. The van der Waals surface area contributed by atoms with Gasteiger partial charge in [-0.15, -0.1) is 0 Å². The lowest BCUT2D eigenvalue weighted by Crippen LogP contribution is -2.34. The lowest BCUT2D eigenvalue weighted by Gasteiger charge is -2.24. The first-order valence-corrected chi connectivity index (χ1v) is 11.5. The number of esters is 1. The molecular weight excluding hydrogens is 440 g/mol. The minimum Gasteiger partial charge on any atom is -0.463 e. The van der Waals surface area contributed by atoms with Crippen LogP contribution in [-0.2, 0) is 20.2 Å². The van der Waals surface area contributed by atoms with Gasteiger partial charge in [-0.1, -0.05) is 48.7 Å². The highest BCUT2D eigenvalue weighted by Crippen LogP contribution is 2.34. The van der Waals surface area contributed by atoms with E-state index in [1.807, 2.05) is 13.8 Å². The fourth-order valence-electron chi connectivity index (χ4n) is 3.69. The quantitative estimate of drug-likeness (QED) is 0.257. The van der Waals surface area contributed by atoms with Crippen molar-refractivity contribution in [2.45, 2.75) is 83.0 Å². The van der Waals surface area contributed by atoms with Gasteiger partial charge in [-0.3, -0.25) is 9.59 Å². The van der Waals surface area contributed by atoms with E-state index < -0.39 is 12.0 Å². The molecule has 2 rings (SSSR count). The number of aliphatic hydroxyl groups is 1. The van der Waals surface area contributed by atoms with Gasteiger partial charge >= 0.3 is 11.9 Å². The summed E-state index contributed by atoms with van der Waals surface area (Å²) in [4.78, 5) is 25.4. The Balaban J connectivity index is 1.81. The Hall–Kier alpha value is -1.99. The number of rotatable bonds is 12. The van der Waals surface area contributed by atoms with Gasteiger partial charge in [0.25, 0.3) is 0 Å². The molecule has 2 unspecified atom stereocenters. The van der Waals surface area contributed by atoms with Crippen LogP contribution in [0.1, 0.15) is 64.4 Å². The van der Waals surface area contributed by atoms with Crippen molar-refractivity contribution in [1.82, 2.24) is 4.90 Å². The number of nitrogens with zero attached hydrogens (tertiary/aromatic N) is 1. The van der Waals surface area contributed by atoms with Crippen LogP contribution in [0.15, 0.2) is 36.4 Å². The summed E-state index contributed by atoms with van der Waals surface area (Å²) in [6.07, 6.45) is 4.89. The smallest absolute Gasteiger partial charge is 0.306 e. The SMILES string of the molecule is CC(C)OC(=O)CCCCCCN1C(=O)CCC1C=CC(O)C(F)(F)c1cccc(Cl)c1. The number of unbranched alkanes of at least 4 members (excludes halogenated alkanes) is 3. The molecule has 1 saturated heterocycles. The third-order valence-electron chi connectivity index (χ3n) is 5.37. The van der Waals surface area contributed by atoms with E-state index in [4.69, 9.17) is 16.3 Å². The Morgan fingerprint density at radius 2 is 2.03 bits per heavy atom. The van der Waals surface area contributed by atoms with Crippen LogP contribution in [0.25, 0.3) is 0 Å². The van der Waals surface area contributed by atoms with Crippen molar-refractivity contribution < 1.29 is 28.2 Å². The van der Waals surface area contributed by atoms with Crippen LogP contribution in [0.2, 0.25) is 5.02 Å². The number of likely N-dealkylation sites (tertiary alicyclic amines) is 1. The summed E-state index contributed by atoms with van der Waals surface area (Å²) in [5, 5.41) is 10.3. The van der Waals surface area contributed by atoms with Crippen LogP contribution in [-0.4, -0.2) is 46.7 Å². The van der Waals surface area contributed by atoms with Crippen molar-refractivity contribution in [2.24, 2.45) is 0 Å². The summed E-state index contributed by atoms with van der Waals surface area (Å²) in [7, 11) is 0. The Morgan fingerprint density at radius 1 is 1.31 bits per heavy atom. The average molecular weight is 472 g/mol. The van der Waals surface area contributed by atoms with Crippen LogP contribution < -0.4 is 0 Å². The largest absolute Gasteiger partial charge is 0.463 e. The molecule has 1 aromatic carbocycles. The Bertz CT molecular complexity index is 800. The van der Waals surface area contributed by atoms with E-state index in [1.54, 1.807) is 4.90 Å². The molecule has 0 radical (unpaired) electrons. The molecule has 0 spiro atoms. The van der Waals surface area contributed by atoms with Gasteiger partial charge in [-0.05, 0) is 45.2 Å². The number of alkyl halides is 2. The van der Waals surface area contributed by atoms with Crippen LogP contribution in [0.4, 0.5) is 8.78 Å². The molecule has 0 bridgehead atoms. The van der Waals surface area contributed by atoms with Gasteiger partial charge in [-0.25, -0.2) is 0 Å². The molecule has 1 heterocycles. The second-order valence-electron chi connectivity index (χ2n) is 8.36. The zero-order valence-corrected chi connectivity index (χ0v) is 19.4. The molecule has 1 aliphatic heterocycles. The Labute approximate surface area is 193 Å². The van der Waals surface area contributed by atoms with Gasteiger partial charge in [0, 0.05) is 30.0 Å². The fraction of sp³-hybridized carbons (Fsp3) is 0.583. The third kappa shape index (κ3) is 7.85. The number of hydrogen-bond donors (Lipinski definition) is 1. The topological polar surface area (TPSA) is 66.8 Å². The van der Waals surface area contributed by atoms with Crippen molar-refractivity contribution in [1.29, 1.82) is 0 Å². The second-order valence-corrected chi connectivity index (χ2v) is 8.80. The normalized spacial score (nSPS) is 18.0. The van der Waals surface area contributed by atoms with E-state index in [0.717, 1.165) is 37.8 Å². The summed E-state index contributed by atoms with van der Waals surface area (Å²) in [5.41, 5.74) is -0.362. The molecule has 1 aromatic rings. The zero-order chi connectivity index (χ0) is 23.7. The number of ether oxygens (including phenoxy) is 1. The van der Waals surface area contributed by atoms with E-state index in [9.17, 15) is 23.5 Å². The molecule has 1 amide bonds. The number of carbonyl (C=O) groups excluding carboxylic acids is 2. The lowest BCUT2D eigenvalue weighted by molar-refractivity contribution is -0.147. The molecule has 2 atom stereocenters. The first-order chi connectivity index (χ1) is 15.1. The number of benzene rings is 1. The average Bonchev–Trinajstić information content (AvgIpc) is 3.07. The second kappa shape index (κ2) is 12.3. The molecule has 32 heavy (non-hydrogen) atoms. The highest BCUT2D eigenvalue weighted by molar-refractivity contribution is 6.30. The van der Waals surface area contributed by atoms with E-state index in [1.165, 1.54) is 24.3 Å². The van der Waals surface area contributed by atoms with Gasteiger partial charge in [-0.2, -0.15) is 8.78 Å². The van der Waals surface area contributed by atoms with Crippen molar-refractivity contribution in [3.8, 4) is 0 Å². The van der Waals surface area contributed by atoms with Crippen molar-refractivity contribution in [3.63, 3.8) is 0 Å². The number of aliphatic hydroxyl groups excluding tert-OH is 1. The highest BCUT2D eigenvalue weighted by Gasteiger charge is 2.39. The molecule has 1 fully saturated rings. The summed E-state index contributed by atoms with van der Waals surface area (Å²) in [6.45, 7) is 4.14. The zero-order valence-electron chi connectivity index (χ0n) is 18.6. The summed E-state index contributed by atoms with van der Waals surface area (Å²) in [5.74, 6) is -3.71. The molecule has 1 aliphatic rings. The first kappa shape index (κ1) is 26.3. The number of carbonyl (C=O) groups is 2. The number of amides is 1. The summed E-state index contributed by atoms with van der Waals surface area (Å²) >= 11 is 5.79. The van der Waals surface area contributed by atoms with Crippen molar-refractivity contribution >= 4 is 23.5 Å². The number of halogens is 3. The van der Waals surface area contributed by atoms with Gasteiger partial charge in [0.2, 0.25) is 5.91 Å². The molecule has 178 valence electrons. The van der Waals surface area contributed by atoms with Crippen LogP contribution in [0.5, 0.6) is 0 Å². The van der Waals surface area contributed by atoms with Crippen molar-refractivity contribution in [2.75, 3.05) is 6.54 Å². The molecule has 0 aromatic heterocycles. The van der Waals surface area contributed by atoms with E-state index in [0.29, 0.717) is 25.8 Å². The third-order valence-corrected chi connectivity index (χ3v) is 5.60. The van der Waals surface area contributed by atoms with Crippen molar-refractivity contribution in [3.05, 3.63) is 47.0 Å². The predicted octanol–water partition coefficient (Wildman–Crippen LogP) is 5.24. The molecule has 0 aliphatic carbocycles. The maximum atomic E-state index is 14.6. The molecule has 1 N–H and O–H groups in total. The molecular formula is C24H32ClF2NO4. The molecule has 0 saturated carbocycles. The van der Waals surface area contributed by atoms with Gasteiger partial charge in [0.1, 0.15) is 6.10 Å². The molecule has 5 nitrogen and oxygen atoms in total. The van der Waals surface area contributed by atoms with E-state index in [-0.39, 0.29) is 34.6 Å². The first-order valence-electron chi connectivity index (χ1n) is 11.1. The minimum absolute atomic E-state index is 0.0174.